The Morgan fingerprint density at radius 2 is 1.54 bits per heavy atom. The van der Waals surface area contributed by atoms with Gasteiger partial charge in [-0.25, -0.2) is 0 Å². The van der Waals surface area contributed by atoms with Crippen LogP contribution in [0, 0.1) is 0 Å². The predicted octanol–water partition coefficient (Wildman–Crippen LogP) is 3.05. The second-order valence-electron chi connectivity index (χ2n) is 6.88. The fraction of sp³-hybridized carbons (Fsp3) is 0.364. The van der Waals surface area contributed by atoms with E-state index >= 15 is 0 Å². The monoisotopic (exact) mass is 382 g/mol. The third-order valence-electron chi connectivity index (χ3n) is 4.86. The summed E-state index contributed by atoms with van der Waals surface area (Å²) in [4.78, 5) is 26.5. The Labute approximate surface area is 165 Å². The fourth-order valence-electron chi connectivity index (χ4n) is 3.34. The molecule has 6 nitrogen and oxygen atoms in total. The maximum atomic E-state index is 12.3. The molecular weight excluding hydrogens is 356 g/mol. The molecular formula is C22H26N2O4. The van der Waals surface area contributed by atoms with Crippen LogP contribution >= 0.6 is 0 Å². The Balaban J connectivity index is 1.55. The van der Waals surface area contributed by atoms with E-state index in [2.05, 4.69) is 5.32 Å². The van der Waals surface area contributed by atoms with Gasteiger partial charge in [-0.05, 0) is 48.2 Å². The van der Waals surface area contributed by atoms with Gasteiger partial charge in [0.15, 0.2) is 11.5 Å². The molecule has 1 aliphatic rings. The lowest BCUT2D eigenvalue weighted by Crippen LogP contribution is -2.29. The summed E-state index contributed by atoms with van der Waals surface area (Å²) >= 11 is 0. The second kappa shape index (κ2) is 9.26. The van der Waals surface area contributed by atoms with Crippen molar-refractivity contribution < 1.29 is 19.1 Å². The molecule has 148 valence electrons. The summed E-state index contributed by atoms with van der Waals surface area (Å²) in [5.41, 5.74) is 2.50. The van der Waals surface area contributed by atoms with E-state index in [1.54, 1.807) is 26.4 Å². The first kappa shape index (κ1) is 19.7. The van der Waals surface area contributed by atoms with Crippen LogP contribution in [-0.2, 0) is 22.4 Å². The number of rotatable bonds is 7. The number of benzene rings is 2. The summed E-state index contributed by atoms with van der Waals surface area (Å²) in [6, 6.07) is 12.9. The highest BCUT2D eigenvalue weighted by atomic mass is 16.5. The van der Waals surface area contributed by atoms with E-state index in [0.717, 1.165) is 37.1 Å². The first-order chi connectivity index (χ1) is 13.6. The molecule has 6 heteroatoms. The zero-order chi connectivity index (χ0) is 19.9. The molecule has 28 heavy (non-hydrogen) atoms. The van der Waals surface area contributed by atoms with Gasteiger partial charge >= 0.3 is 0 Å². The van der Waals surface area contributed by atoms with E-state index in [4.69, 9.17) is 9.47 Å². The molecule has 1 fully saturated rings. The van der Waals surface area contributed by atoms with Gasteiger partial charge < -0.3 is 19.7 Å². The number of anilines is 1. The molecule has 2 aromatic rings. The van der Waals surface area contributed by atoms with E-state index in [9.17, 15) is 9.59 Å². The van der Waals surface area contributed by atoms with Crippen LogP contribution in [0.5, 0.6) is 11.5 Å². The van der Waals surface area contributed by atoms with Crippen molar-refractivity contribution in [1.82, 2.24) is 4.90 Å². The highest BCUT2D eigenvalue weighted by molar-refractivity contribution is 5.92. The van der Waals surface area contributed by atoms with Gasteiger partial charge in [-0.3, -0.25) is 9.59 Å². The lowest BCUT2D eigenvalue weighted by Gasteiger charge is -2.15. The van der Waals surface area contributed by atoms with E-state index < -0.39 is 0 Å². The largest absolute Gasteiger partial charge is 0.493 e. The van der Waals surface area contributed by atoms with Crippen molar-refractivity contribution in [2.45, 2.75) is 25.7 Å². The normalized spacial score (nSPS) is 13.3. The molecule has 0 aliphatic carbocycles. The molecule has 1 aliphatic heterocycles. The summed E-state index contributed by atoms with van der Waals surface area (Å²) in [6.45, 7) is 1.73. The highest BCUT2D eigenvalue weighted by Crippen LogP contribution is 2.27. The first-order valence-electron chi connectivity index (χ1n) is 9.46. The Hall–Kier alpha value is -3.02. The molecule has 2 aromatic carbocycles. The quantitative estimate of drug-likeness (QED) is 0.799. The van der Waals surface area contributed by atoms with E-state index in [-0.39, 0.29) is 18.2 Å². The topological polar surface area (TPSA) is 67.9 Å². The molecule has 0 atom stereocenters. The van der Waals surface area contributed by atoms with Gasteiger partial charge in [-0.15, -0.1) is 0 Å². The number of hydrogen-bond donors (Lipinski definition) is 1. The van der Waals surface area contributed by atoms with E-state index in [1.807, 2.05) is 35.2 Å². The van der Waals surface area contributed by atoms with E-state index in [1.165, 1.54) is 0 Å². The average Bonchev–Trinajstić information content (AvgIpc) is 3.24. The Bertz CT molecular complexity index is 827. The van der Waals surface area contributed by atoms with E-state index in [0.29, 0.717) is 23.6 Å². The number of carbonyl (C=O) groups excluding carboxylic acids is 2. The second-order valence-corrected chi connectivity index (χ2v) is 6.88. The van der Waals surface area contributed by atoms with Gasteiger partial charge in [0, 0.05) is 18.8 Å². The Kier molecular flexibility index (Phi) is 6.53. The maximum Gasteiger partial charge on any atom is 0.228 e. The van der Waals surface area contributed by atoms with Gasteiger partial charge in [-0.1, -0.05) is 18.2 Å². The molecule has 1 saturated heterocycles. The lowest BCUT2D eigenvalue weighted by molar-refractivity contribution is -0.129. The molecule has 0 saturated carbocycles. The predicted molar refractivity (Wildman–Crippen MR) is 108 cm³/mol. The number of amides is 2. The SMILES string of the molecule is COc1ccc(CC(=O)Nc2ccc(CC(=O)N3CCCC3)cc2)cc1OC. The number of ether oxygens (including phenoxy) is 2. The molecule has 0 spiro atoms. The van der Waals surface area contributed by atoms with Crippen LogP contribution in [0.4, 0.5) is 5.69 Å². The number of hydrogen-bond acceptors (Lipinski definition) is 4. The summed E-state index contributed by atoms with van der Waals surface area (Å²) < 4.78 is 10.5. The zero-order valence-electron chi connectivity index (χ0n) is 16.4. The summed E-state index contributed by atoms with van der Waals surface area (Å²) in [6.07, 6.45) is 2.82. The zero-order valence-corrected chi connectivity index (χ0v) is 16.4. The number of nitrogens with zero attached hydrogens (tertiary/aromatic N) is 1. The molecule has 0 radical (unpaired) electrons. The molecule has 1 heterocycles. The number of carbonyl (C=O) groups is 2. The minimum absolute atomic E-state index is 0.117. The van der Waals surface area contributed by atoms with Crippen molar-refractivity contribution in [1.29, 1.82) is 0 Å². The van der Waals surface area contributed by atoms with Crippen LogP contribution in [0.25, 0.3) is 0 Å². The van der Waals surface area contributed by atoms with Crippen molar-refractivity contribution in [3.05, 3.63) is 53.6 Å². The van der Waals surface area contributed by atoms with Crippen LogP contribution in [-0.4, -0.2) is 44.0 Å². The minimum Gasteiger partial charge on any atom is -0.493 e. The maximum absolute atomic E-state index is 12.3. The third kappa shape index (κ3) is 5.03. The minimum atomic E-state index is -0.117. The summed E-state index contributed by atoms with van der Waals surface area (Å²) in [5.74, 6) is 1.28. The van der Waals surface area contributed by atoms with Crippen molar-refractivity contribution in [2.75, 3.05) is 32.6 Å². The number of likely N-dealkylation sites (tertiary alicyclic amines) is 1. The molecule has 0 unspecified atom stereocenters. The molecule has 0 aromatic heterocycles. The van der Waals surface area contributed by atoms with Crippen LogP contribution in [0.1, 0.15) is 24.0 Å². The summed E-state index contributed by atoms with van der Waals surface area (Å²) in [5, 5.41) is 2.89. The van der Waals surface area contributed by atoms with Gasteiger partial charge in [0.25, 0.3) is 0 Å². The first-order valence-corrected chi connectivity index (χ1v) is 9.46. The molecule has 2 amide bonds. The Morgan fingerprint density at radius 3 is 2.18 bits per heavy atom. The van der Waals surface area contributed by atoms with Gasteiger partial charge in [0.2, 0.25) is 11.8 Å². The lowest BCUT2D eigenvalue weighted by atomic mass is 10.1. The third-order valence-corrected chi connectivity index (χ3v) is 4.86. The number of methoxy groups -OCH3 is 2. The highest BCUT2D eigenvalue weighted by Gasteiger charge is 2.17. The van der Waals surface area contributed by atoms with Gasteiger partial charge in [-0.2, -0.15) is 0 Å². The number of nitrogens with one attached hydrogen (secondary N) is 1. The smallest absolute Gasteiger partial charge is 0.228 e. The van der Waals surface area contributed by atoms with Crippen LogP contribution in [0.3, 0.4) is 0 Å². The van der Waals surface area contributed by atoms with Crippen molar-refractivity contribution in [3.8, 4) is 11.5 Å². The average molecular weight is 382 g/mol. The standard InChI is InChI=1S/C22H26N2O4/c1-27-19-10-7-17(13-20(19)28-2)14-21(25)23-18-8-5-16(6-9-18)15-22(26)24-11-3-4-12-24/h5-10,13H,3-4,11-12,14-15H2,1-2H3,(H,23,25). The van der Waals surface area contributed by atoms with Crippen LogP contribution < -0.4 is 14.8 Å². The molecule has 0 bridgehead atoms. The summed E-state index contributed by atoms with van der Waals surface area (Å²) in [7, 11) is 3.14. The Morgan fingerprint density at radius 1 is 0.893 bits per heavy atom. The van der Waals surface area contributed by atoms with Gasteiger partial charge in [0.1, 0.15) is 0 Å². The van der Waals surface area contributed by atoms with Crippen molar-refractivity contribution >= 4 is 17.5 Å². The fourth-order valence-corrected chi connectivity index (χ4v) is 3.34. The van der Waals surface area contributed by atoms with Crippen molar-refractivity contribution in [2.24, 2.45) is 0 Å². The van der Waals surface area contributed by atoms with Crippen LogP contribution in [0.15, 0.2) is 42.5 Å². The van der Waals surface area contributed by atoms with Crippen LogP contribution in [0.2, 0.25) is 0 Å². The van der Waals surface area contributed by atoms with Gasteiger partial charge in [0.05, 0.1) is 27.1 Å². The van der Waals surface area contributed by atoms with Crippen molar-refractivity contribution in [3.63, 3.8) is 0 Å². The molecule has 3 rings (SSSR count). The molecule has 1 N–H and O–H groups in total.